The lowest BCUT2D eigenvalue weighted by Gasteiger charge is -2.22. The Morgan fingerprint density at radius 1 is 1.15 bits per heavy atom. The molecule has 0 saturated heterocycles. The fourth-order valence-corrected chi connectivity index (χ4v) is 3.87. The van der Waals surface area contributed by atoms with Crippen LogP contribution in [-0.4, -0.2) is 34.1 Å². The van der Waals surface area contributed by atoms with E-state index in [4.69, 9.17) is 9.15 Å². The van der Waals surface area contributed by atoms with Crippen LogP contribution in [0.15, 0.2) is 57.9 Å². The lowest BCUT2D eigenvalue weighted by molar-refractivity contribution is -0.308. The van der Waals surface area contributed by atoms with Crippen molar-refractivity contribution in [2.24, 2.45) is 0 Å². The summed E-state index contributed by atoms with van der Waals surface area (Å²) in [6, 6.07) is 9.74. The molecule has 3 N–H and O–H groups in total. The topological polar surface area (TPSA) is 145 Å². The van der Waals surface area contributed by atoms with Gasteiger partial charge >= 0.3 is 5.63 Å². The Hall–Kier alpha value is -4.27. The van der Waals surface area contributed by atoms with Crippen molar-refractivity contribution < 1.29 is 29.0 Å². The van der Waals surface area contributed by atoms with E-state index in [1.165, 1.54) is 31.2 Å². The zero-order chi connectivity index (χ0) is 24.4. The molecule has 0 aliphatic rings. The zero-order valence-electron chi connectivity index (χ0n) is 18.6. The van der Waals surface area contributed by atoms with Crippen molar-refractivity contribution in [3.8, 4) is 11.5 Å². The normalized spacial score (nSPS) is 13.0. The standard InChI is InChI=1S/C25H24N2O7/c1-3-14-9-23(29)34-22-11-17(5-6-18(14)22)33-13(2)24(30)27-21(25(31)32)8-15-12-26-20-7-4-16(28)10-19(15)20/h4-7,9-13,21,26,28H,3,8H2,1-2H3,(H,27,30)(H,31,32)/p-1/t13-,21+/m0/s1. The number of carbonyl (C=O) groups excluding carboxylic acids is 2. The Labute approximate surface area is 194 Å². The van der Waals surface area contributed by atoms with Crippen LogP contribution in [0.3, 0.4) is 0 Å². The predicted molar refractivity (Wildman–Crippen MR) is 123 cm³/mol. The molecular weight excluding hydrogens is 440 g/mol. The first-order valence-corrected chi connectivity index (χ1v) is 10.8. The highest BCUT2D eigenvalue weighted by Crippen LogP contribution is 2.25. The fourth-order valence-electron chi connectivity index (χ4n) is 3.87. The molecule has 0 unspecified atom stereocenters. The molecule has 9 nitrogen and oxygen atoms in total. The van der Waals surface area contributed by atoms with Crippen LogP contribution in [0.4, 0.5) is 0 Å². The van der Waals surface area contributed by atoms with E-state index in [9.17, 15) is 24.6 Å². The number of aromatic amines is 1. The molecule has 4 aromatic rings. The Balaban J connectivity index is 1.48. The van der Waals surface area contributed by atoms with Gasteiger partial charge in [-0.15, -0.1) is 0 Å². The van der Waals surface area contributed by atoms with E-state index in [0.717, 1.165) is 16.5 Å². The summed E-state index contributed by atoms with van der Waals surface area (Å²) in [6.07, 6.45) is 1.19. The molecule has 2 atom stereocenters. The van der Waals surface area contributed by atoms with E-state index in [2.05, 4.69) is 10.3 Å². The summed E-state index contributed by atoms with van der Waals surface area (Å²) >= 11 is 0. The SMILES string of the molecule is CCc1cc(=O)oc2cc(O[C@@H](C)C(=O)N[C@H](Cc3c[nH]c4ccc(O)cc34)C(=O)[O-])ccc12. The van der Waals surface area contributed by atoms with Gasteiger partial charge in [-0.05, 0) is 54.8 Å². The number of fused-ring (bicyclic) bond motifs is 2. The Morgan fingerprint density at radius 2 is 1.94 bits per heavy atom. The molecule has 9 heteroatoms. The number of aryl methyl sites for hydroxylation is 1. The van der Waals surface area contributed by atoms with Crippen molar-refractivity contribution in [3.63, 3.8) is 0 Å². The molecule has 2 aromatic carbocycles. The van der Waals surface area contributed by atoms with Gasteiger partial charge in [-0.2, -0.15) is 0 Å². The lowest BCUT2D eigenvalue weighted by Crippen LogP contribution is -2.52. The third-order valence-electron chi connectivity index (χ3n) is 5.64. The number of amides is 1. The second-order valence-corrected chi connectivity index (χ2v) is 7.99. The van der Waals surface area contributed by atoms with Crippen LogP contribution in [0, 0.1) is 0 Å². The first-order valence-electron chi connectivity index (χ1n) is 10.8. The molecule has 0 aliphatic carbocycles. The van der Waals surface area contributed by atoms with Crippen molar-refractivity contribution >= 4 is 33.7 Å². The smallest absolute Gasteiger partial charge is 0.336 e. The van der Waals surface area contributed by atoms with E-state index in [1.807, 2.05) is 6.92 Å². The second kappa shape index (κ2) is 9.30. The number of aromatic hydroxyl groups is 1. The van der Waals surface area contributed by atoms with Crippen LogP contribution in [0.1, 0.15) is 25.0 Å². The van der Waals surface area contributed by atoms with E-state index in [1.54, 1.807) is 24.4 Å². The van der Waals surface area contributed by atoms with Gasteiger partial charge in [0.05, 0.1) is 12.0 Å². The monoisotopic (exact) mass is 463 g/mol. The van der Waals surface area contributed by atoms with E-state index < -0.39 is 29.6 Å². The Kier molecular flexibility index (Phi) is 6.27. The number of H-pyrrole nitrogens is 1. The predicted octanol–water partition coefficient (Wildman–Crippen LogP) is 1.79. The maximum Gasteiger partial charge on any atom is 0.336 e. The minimum Gasteiger partial charge on any atom is -0.548 e. The van der Waals surface area contributed by atoms with Crippen LogP contribution in [0.25, 0.3) is 21.9 Å². The lowest BCUT2D eigenvalue weighted by atomic mass is 10.0. The molecule has 2 heterocycles. The molecule has 0 aliphatic heterocycles. The summed E-state index contributed by atoms with van der Waals surface area (Å²) in [5.41, 5.74) is 2.03. The van der Waals surface area contributed by atoms with Gasteiger partial charge in [0.1, 0.15) is 17.1 Å². The number of carbonyl (C=O) groups is 2. The molecule has 0 spiro atoms. The minimum absolute atomic E-state index is 0.0432. The number of nitrogens with one attached hydrogen (secondary N) is 2. The van der Waals surface area contributed by atoms with Crippen molar-refractivity contribution in [2.45, 2.75) is 38.8 Å². The first-order chi connectivity index (χ1) is 16.2. The van der Waals surface area contributed by atoms with E-state index in [-0.39, 0.29) is 12.2 Å². The van der Waals surface area contributed by atoms with Crippen LogP contribution >= 0.6 is 0 Å². The molecule has 0 bridgehead atoms. The zero-order valence-corrected chi connectivity index (χ0v) is 18.6. The van der Waals surface area contributed by atoms with Gasteiger partial charge in [-0.1, -0.05) is 6.92 Å². The van der Waals surface area contributed by atoms with Crippen molar-refractivity contribution in [1.29, 1.82) is 0 Å². The van der Waals surface area contributed by atoms with Gasteiger partial charge in [-0.3, -0.25) is 4.79 Å². The van der Waals surface area contributed by atoms with Gasteiger partial charge < -0.3 is 34.5 Å². The van der Waals surface area contributed by atoms with Crippen molar-refractivity contribution in [2.75, 3.05) is 0 Å². The maximum absolute atomic E-state index is 12.7. The van der Waals surface area contributed by atoms with Crippen molar-refractivity contribution in [1.82, 2.24) is 10.3 Å². The summed E-state index contributed by atoms with van der Waals surface area (Å²) in [5, 5.41) is 25.3. The highest BCUT2D eigenvalue weighted by Gasteiger charge is 2.22. The van der Waals surface area contributed by atoms with Gasteiger partial charge in [0.15, 0.2) is 6.10 Å². The van der Waals surface area contributed by atoms with Crippen LogP contribution in [0.2, 0.25) is 0 Å². The second-order valence-electron chi connectivity index (χ2n) is 7.99. The molecule has 34 heavy (non-hydrogen) atoms. The van der Waals surface area contributed by atoms with Gasteiger partial charge in [0.2, 0.25) is 0 Å². The minimum atomic E-state index is -1.45. The Morgan fingerprint density at radius 3 is 2.68 bits per heavy atom. The van der Waals surface area contributed by atoms with Crippen LogP contribution < -0.4 is 20.8 Å². The number of ether oxygens (including phenoxy) is 1. The van der Waals surface area contributed by atoms with Gasteiger partial charge in [0.25, 0.3) is 5.91 Å². The molecule has 0 radical (unpaired) electrons. The van der Waals surface area contributed by atoms with Crippen molar-refractivity contribution in [3.05, 3.63) is 70.2 Å². The summed E-state index contributed by atoms with van der Waals surface area (Å²) in [5.74, 6) is -1.76. The Bertz CT molecular complexity index is 1440. The number of carboxylic acids is 1. The highest BCUT2D eigenvalue weighted by atomic mass is 16.5. The number of phenols is 1. The van der Waals surface area contributed by atoms with Crippen LogP contribution in [-0.2, 0) is 22.4 Å². The van der Waals surface area contributed by atoms with Gasteiger partial charge in [-0.25, -0.2) is 4.79 Å². The first kappa shape index (κ1) is 22.9. The summed E-state index contributed by atoms with van der Waals surface area (Å²) in [7, 11) is 0. The number of hydrogen-bond acceptors (Lipinski definition) is 7. The third-order valence-corrected chi connectivity index (χ3v) is 5.64. The molecule has 2 aromatic heterocycles. The summed E-state index contributed by atoms with van der Waals surface area (Å²) in [4.78, 5) is 39.2. The number of aromatic nitrogens is 1. The third kappa shape index (κ3) is 4.73. The molecule has 176 valence electrons. The molecular formula is C25H23N2O7-. The number of rotatable bonds is 8. The molecule has 0 fully saturated rings. The number of hydrogen-bond donors (Lipinski definition) is 3. The maximum atomic E-state index is 12.7. The molecule has 4 rings (SSSR count). The largest absolute Gasteiger partial charge is 0.548 e. The van der Waals surface area contributed by atoms with Gasteiger partial charge in [0, 0.05) is 41.0 Å². The van der Waals surface area contributed by atoms with Crippen LogP contribution in [0.5, 0.6) is 11.5 Å². The van der Waals surface area contributed by atoms with E-state index in [0.29, 0.717) is 28.7 Å². The highest BCUT2D eigenvalue weighted by molar-refractivity contribution is 5.88. The molecule has 0 saturated carbocycles. The molecule has 1 amide bonds. The fraction of sp³-hybridized carbons (Fsp3) is 0.240. The number of phenolic OH excluding ortho intramolecular Hbond substituents is 1. The number of benzene rings is 2. The number of aliphatic carboxylic acids is 1. The summed E-state index contributed by atoms with van der Waals surface area (Å²) < 4.78 is 10.9. The van der Waals surface area contributed by atoms with E-state index >= 15 is 0 Å². The number of carboxylic acid groups (broad SMARTS) is 1. The average molecular weight is 463 g/mol. The average Bonchev–Trinajstić information content (AvgIpc) is 3.19. The quantitative estimate of drug-likeness (QED) is 0.338. The summed E-state index contributed by atoms with van der Waals surface area (Å²) in [6.45, 7) is 3.41.